The Morgan fingerprint density at radius 1 is 0.789 bits per heavy atom. The van der Waals surface area contributed by atoms with Gasteiger partial charge in [-0.15, -0.1) is 0 Å². The Labute approximate surface area is 125 Å². The summed E-state index contributed by atoms with van der Waals surface area (Å²) in [7, 11) is 0. The van der Waals surface area contributed by atoms with Gasteiger partial charge in [0.15, 0.2) is 0 Å². The van der Waals surface area contributed by atoms with Gasteiger partial charge in [-0.25, -0.2) is 0 Å². The van der Waals surface area contributed by atoms with E-state index in [1.807, 2.05) is 0 Å². The summed E-state index contributed by atoms with van der Waals surface area (Å²) in [5, 5.41) is 0. The van der Waals surface area contributed by atoms with Crippen LogP contribution in [0.5, 0.6) is 0 Å². The summed E-state index contributed by atoms with van der Waals surface area (Å²) in [6.45, 7) is 4.27. The van der Waals surface area contributed by atoms with E-state index < -0.39 is 0 Å². The normalized spacial score (nSPS) is 12.4. The van der Waals surface area contributed by atoms with Gasteiger partial charge in [-0.2, -0.15) is 0 Å². The predicted octanol–water partition coefficient (Wildman–Crippen LogP) is 5.24. The second-order valence-corrected chi connectivity index (χ2v) is 6.61. The molecular weight excluding hydrogens is 296 g/mol. The maximum Gasteiger partial charge on any atom is 0.0189 e. The zero-order valence-corrected chi connectivity index (χ0v) is 13.3. The molecule has 2 rings (SSSR count). The third-order valence-electron chi connectivity index (χ3n) is 3.44. The maximum absolute atomic E-state index is 3.81. The second kappa shape index (κ2) is 6.91. The van der Waals surface area contributed by atoms with E-state index in [-0.39, 0.29) is 0 Å². The highest BCUT2D eigenvalue weighted by molar-refractivity contribution is 9.09. The van der Waals surface area contributed by atoms with Crippen LogP contribution >= 0.6 is 15.9 Å². The van der Waals surface area contributed by atoms with Crippen molar-refractivity contribution in [1.82, 2.24) is 0 Å². The molecule has 1 unspecified atom stereocenters. The van der Waals surface area contributed by atoms with Crippen LogP contribution in [0, 0.1) is 13.8 Å². The Hall–Kier alpha value is -1.08. The standard InChI is InChI=1S/C18H21Br/c1-14-3-7-16(8-4-14)11-12-18(19)13-17-9-5-15(2)6-10-17/h3-10,18H,11-13H2,1-2H3. The van der Waals surface area contributed by atoms with Crippen LogP contribution in [-0.4, -0.2) is 4.83 Å². The number of rotatable bonds is 5. The van der Waals surface area contributed by atoms with Crippen molar-refractivity contribution in [2.75, 3.05) is 0 Å². The molecule has 1 heteroatoms. The van der Waals surface area contributed by atoms with Gasteiger partial charge >= 0.3 is 0 Å². The van der Waals surface area contributed by atoms with Crippen molar-refractivity contribution in [3.8, 4) is 0 Å². The summed E-state index contributed by atoms with van der Waals surface area (Å²) in [5.41, 5.74) is 5.50. The molecule has 0 nitrogen and oxygen atoms in total. The number of alkyl halides is 1. The van der Waals surface area contributed by atoms with Gasteiger partial charge in [-0.05, 0) is 44.2 Å². The minimum absolute atomic E-state index is 0.552. The third-order valence-corrected chi connectivity index (χ3v) is 4.23. The smallest absolute Gasteiger partial charge is 0.0189 e. The van der Waals surface area contributed by atoms with Gasteiger partial charge in [-0.1, -0.05) is 75.6 Å². The molecule has 0 bridgehead atoms. The molecule has 2 aromatic rings. The molecule has 1 atom stereocenters. The molecule has 0 aliphatic heterocycles. The molecule has 0 saturated carbocycles. The van der Waals surface area contributed by atoms with Crippen molar-refractivity contribution >= 4 is 15.9 Å². The van der Waals surface area contributed by atoms with Crippen LogP contribution in [0.1, 0.15) is 28.7 Å². The lowest BCUT2D eigenvalue weighted by Gasteiger charge is -2.10. The fraction of sp³-hybridized carbons (Fsp3) is 0.333. The minimum Gasteiger partial charge on any atom is -0.0887 e. The number of halogens is 1. The predicted molar refractivity (Wildman–Crippen MR) is 87.1 cm³/mol. The van der Waals surface area contributed by atoms with E-state index in [2.05, 4.69) is 78.3 Å². The van der Waals surface area contributed by atoms with E-state index in [0.29, 0.717) is 4.83 Å². The van der Waals surface area contributed by atoms with Gasteiger partial charge in [0.25, 0.3) is 0 Å². The van der Waals surface area contributed by atoms with Crippen LogP contribution in [0.3, 0.4) is 0 Å². The summed E-state index contributed by atoms with van der Waals surface area (Å²) in [5.74, 6) is 0. The molecule has 100 valence electrons. The van der Waals surface area contributed by atoms with Crippen LogP contribution < -0.4 is 0 Å². The quantitative estimate of drug-likeness (QED) is 0.661. The van der Waals surface area contributed by atoms with Crippen molar-refractivity contribution in [2.45, 2.75) is 37.9 Å². The van der Waals surface area contributed by atoms with Crippen LogP contribution in [0.4, 0.5) is 0 Å². The average molecular weight is 317 g/mol. The summed E-state index contributed by atoms with van der Waals surface area (Å²) in [6.07, 6.45) is 3.42. The van der Waals surface area contributed by atoms with E-state index in [1.54, 1.807) is 0 Å². The average Bonchev–Trinajstić information content (AvgIpc) is 2.41. The largest absolute Gasteiger partial charge is 0.0887 e. The molecule has 2 aromatic carbocycles. The molecule has 0 heterocycles. The Morgan fingerprint density at radius 3 is 1.79 bits per heavy atom. The SMILES string of the molecule is Cc1ccc(CCC(Br)Cc2ccc(C)cc2)cc1. The Morgan fingerprint density at radius 2 is 1.26 bits per heavy atom. The molecular formula is C18H21Br. The molecule has 0 radical (unpaired) electrons. The molecule has 0 aliphatic rings. The molecule has 0 aliphatic carbocycles. The zero-order chi connectivity index (χ0) is 13.7. The number of aryl methyl sites for hydroxylation is 3. The lowest BCUT2D eigenvalue weighted by atomic mass is 10.0. The molecule has 0 fully saturated rings. The molecule has 0 saturated heterocycles. The highest BCUT2D eigenvalue weighted by Gasteiger charge is 2.06. The Bertz CT molecular complexity index is 496. The van der Waals surface area contributed by atoms with Gasteiger partial charge < -0.3 is 0 Å². The van der Waals surface area contributed by atoms with E-state index in [0.717, 1.165) is 12.8 Å². The van der Waals surface area contributed by atoms with E-state index >= 15 is 0 Å². The first-order valence-electron chi connectivity index (χ1n) is 6.88. The molecule has 0 N–H and O–H groups in total. The Kier molecular flexibility index (Phi) is 5.21. The highest BCUT2D eigenvalue weighted by atomic mass is 79.9. The van der Waals surface area contributed by atoms with Crippen LogP contribution in [0.2, 0.25) is 0 Å². The summed E-state index contributed by atoms with van der Waals surface area (Å²) < 4.78 is 0. The Balaban J connectivity index is 1.82. The molecule has 0 amide bonds. The van der Waals surface area contributed by atoms with Crippen molar-refractivity contribution in [3.63, 3.8) is 0 Å². The number of benzene rings is 2. The first-order valence-corrected chi connectivity index (χ1v) is 7.80. The maximum atomic E-state index is 3.81. The number of hydrogen-bond acceptors (Lipinski definition) is 0. The lowest BCUT2D eigenvalue weighted by Crippen LogP contribution is -2.04. The van der Waals surface area contributed by atoms with E-state index in [9.17, 15) is 0 Å². The van der Waals surface area contributed by atoms with E-state index in [4.69, 9.17) is 0 Å². The highest BCUT2D eigenvalue weighted by Crippen LogP contribution is 2.17. The molecule has 19 heavy (non-hydrogen) atoms. The first-order chi connectivity index (χ1) is 9.13. The first kappa shape index (κ1) is 14.3. The lowest BCUT2D eigenvalue weighted by molar-refractivity contribution is 0.763. The van der Waals surface area contributed by atoms with E-state index in [1.165, 1.54) is 28.7 Å². The van der Waals surface area contributed by atoms with Crippen molar-refractivity contribution in [1.29, 1.82) is 0 Å². The molecule has 0 aromatic heterocycles. The van der Waals surface area contributed by atoms with Crippen LogP contribution in [0.25, 0.3) is 0 Å². The summed E-state index contributed by atoms with van der Waals surface area (Å²) >= 11 is 3.81. The summed E-state index contributed by atoms with van der Waals surface area (Å²) in [6, 6.07) is 17.7. The van der Waals surface area contributed by atoms with Crippen LogP contribution in [-0.2, 0) is 12.8 Å². The number of hydrogen-bond donors (Lipinski definition) is 0. The fourth-order valence-electron chi connectivity index (χ4n) is 2.16. The van der Waals surface area contributed by atoms with Gasteiger partial charge in [0, 0.05) is 4.83 Å². The van der Waals surface area contributed by atoms with Crippen molar-refractivity contribution in [3.05, 3.63) is 70.8 Å². The zero-order valence-electron chi connectivity index (χ0n) is 11.7. The second-order valence-electron chi connectivity index (χ2n) is 5.31. The van der Waals surface area contributed by atoms with Gasteiger partial charge in [0.1, 0.15) is 0 Å². The van der Waals surface area contributed by atoms with Crippen LogP contribution in [0.15, 0.2) is 48.5 Å². The topological polar surface area (TPSA) is 0 Å². The van der Waals surface area contributed by atoms with Gasteiger partial charge in [0.05, 0.1) is 0 Å². The summed E-state index contributed by atoms with van der Waals surface area (Å²) in [4.78, 5) is 0.552. The third kappa shape index (κ3) is 4.83. The fourth-order valence-corrected chi connectivity index (χ4v) is 2.76. The monoisotopic (exact) mass is 316 g/mol. The van der Waals surface area contributed by atoms with Gasteiger partial charge in [0.2, 0.25) is 0 Å². The minimum atomic E-state index is 0.552. The van der Waals surface area contributed by atoms with Crippen molar-refractivity contribution < 1.29 is 0 Å². The van der Waals surface area contributed by atoms with Crippen molar-refractivity contribution in [2.24, 2.45) is 0 Å². The van der Waals surface area contributed by atoms with Gasteiger partial charge in [-0.3, -0.25) is 0 Å². The molecule has 0 spiro atoms.